The Kier molecular flexibility index (Phi) is 7.74. The molecule has 1 heterocycles. The SMILES string of the molecule is O=C(NC1[C@@H](O)C(CO)O[C@H](Sc2ccc(Cl)c(Cl)c2)[C@H]1O)c1cc(F)c(F)c(F)c1. The Morgan fingerprint density at radius 1 is 1.06 bits per heavy atom. The van der Waals surface area contributed by atoms with Crippen LogP contribution in [0.4, 0.5) is 13.2 Å². The number of amides is 1. The lowest BCUT2D eigenvalue weighted by molar-refractivity contribution is -0.164. The summed E-state index contributed by atoms with van der Waals surface area (Å²) in [5.74, 6) is -5.95. The lowest BCUT2D eigenvalue weighted by Gasteiger charge is -2.42. The molecule has 0 aromatic heterocycles. The molecule has 1 aliphatic heterocycles. The van der Waals surface area contributed by atoms with Gasteiger partial charge in [-0.2, -0.15) is 0 Å². The van der Waals surface area contributed by atoms with Gasteiger partial charge in [0.15, 0.2) is 17.5 Å². The summed E-state index contributed by atoms with van der Waals surface area (Å²) in [5, 5.41) is 33.4. The molecule has 2 aromatic rings. The minimum absolute atomic E-state index is 0.251. The number of ether oxygens (including phenoxy) is 1. The molecule has 0 bridgehead atoms. The van der Waals surface area contributed by atoms with E-state index < -0.39 is 65.3 Å². The van der Waals surface area contributed by atoms with E-state index in [1.165, 1.54) is 12.1 Å². The fourth-order valence-corrected chi connectivity index (χ4v) is 4.43. The molecule has 12 heteroatoms. The summed E-state index contributed by atoms with van der Waals surface area (Å²) in [7, 11) is 0. The van der Waals surface area contributed by atoms with Gasteiger partial charge in [0.2, 0.25) is 0 Å². The van der Waals surface area contributed by atoms with Crippen molar-refractivity contribution in [1.29, 1.82) is 0 Å². The Bertz CT molecular complexity index is 963. The number of aliphatic hydroxyl groups excluding tert-OH is 3. The predicted octanol–water partition coefficient (Wildman–Crippen LogP) is 2.74. The fraction of sp³-hybridized carbons (Fsp3) is 0.316. The van der Waals surface area contributed by atoms with E-state index in [1.807, 2.05) is 0 Å². The third-order valence-electron chi connectivity index (χ3n) is 4.57. The van der Waals surface area contributed by atoms with Crippen LogP contribution in [0.15, 0.2) is 35.2 Å². The lowest BCUT2D eigenvalue weighted by Crippen LogP contribution is -2.63. The molecule has 31 heavy (non-hydrogen) atoms. The molecular weight excluding hydrogens is 482 g/mol. The summed E-state index contributed by atoms with van der Waals surface area (Å²) in [6, 6.07) is 4.23. The van der Waals surface area contributed by atoms with Gasteiger partial charge in [-0.15, -0.1) is 0 Å². The molecule has 1 amide bonds. The van der Waals surface area contributed by atoms with Gasteiger partial charge in [0, 0.05) is 10.5 Å². The number of rotatable bonds is 5. The van der Waals surface area contributed by atoms with Crippen LogP contribution < -0.4 is 5.32 Å². The fourth-order valence-electron chi connectivity index (χ4n) is 2.96. The summed E-state index contributed by atoms with van der Waals surface area (Å²) >= 11 is 12.8. The molecule has 2 aromatic carbocycles. The molecule has 5 atom stereocenters. The van der Waals surface area contributed by atoms with Gasteiger partial charge in [0.05, 0.1) is 22.7 Å². The first kappa shape index (κ1) is 24.1. The minimum atomic E-state index is -1.74. The van der Waals surface area contributed by atoms with Gasteiger partial charge < -0.3 is 25.4 Å². The highest BCUT2D eigenvalue weighted by atomic mass is 35.5. The van der Waals surface area contributed by atoms with Gasteiger partial charge in [-0.25, -0.2) is 13.2 Å². The van der Waals surface area contributed by atoms with Crippen LogP contribution in [0.2, 0.25) is 10.0 Å². The van der Waals surface area contributed by atoms with Crippen molar-refractivity contribution in [3.8, 4) is 0 Å². The van der Waals surface area contributed by atoms with E-state index in [-0.39, 0.29) is 5.02 Å². The molecule has 2 unspecified atom stereocenters. The zero-order valence-corrected chi connectivity index (χ0v) is 17.8. The normalized spacial score (nSPS) is 26.0. The number of nitrogens with one attached hydrogen (secondary N) is 1. The van der Waals surface area contributed by atoms with Crippen molar-refractivity contribution in [2.75, 3.05) is 6.61 Å². The molecule has 168 valence electrons. The number of thioether (sulfide) groups is 1. The van der Waals surface area contributed by atoms with Crippen LogP contribution in [0.3, 0.4) is 0 Å². The average molecular weight is 498 g/mol. The summed E-state index contributed by atoms with van der Waals surface area (Å²) in [6.07, 6.45) is -4.24. The molecule has 0 saturated carbocycles. The Hall–Kier alpha value is -1.53. The number of aliphatic hydroxyl groups is 3. The van der Waals surface area contributed by atoms with Crippen molar-refractivity contribution in [1.82, 2.24) is 5.32 Å². The van der Waals surface area contributed by atoms with Crippen molar-refractivity contribution < 1.29 is 38.0 Å². The zero-order valence-electron chi connectivity index (χ0n) is 15.4. The van der Waals surface area contributed by atoms with Crippen molar-refractivity contribution >= 4 is 40.9 Å². The van der Waals surface area contributed by atoms with E-state index in [9.17, 15) is 33.3 Å². The van der Waals surface area contributed by atoms with E-state index in [1.54, 1.807) is 6.07 Å². The number of benzene rings is 2. The maximum absolute atomic E-state index is 13.4. The minimum Gasteiger partial charge on any atom is -0.394 e. The molecule has 1 saturated heterocycles. The number of hydrogen-bond donors (Lipinski definition) is 4. The van der Waals surface area contributed by atoms with E-state index in [0.717, 1.165) is 11.8 Å². The highest BCUT2D eigenvalue weighted by Crippen LogP contribution is 2.36. The van der Waals surface area contributed by atoms with Crippen molar-refractivity contribution in [2.24, 2.45) is 0 Å². The maximum atomic E-state index is 13.4. The highest BCUT2D eigenvalue weighted by molar-refractivity contribution is 7.99. The Balaban J connectivity index is 1.82. The molecule has 0 aliphatic carbocycles. The highest BCUT2D eigenvalue weighted by Gasteiger charge is 2.45. The molecule has 1 aliphatic rings. The largest absolute Gasteiger partial charge is 0.394 e. The van der Waals surface area contributed by atoms with E-state index in [4.69, 9.17) is 27.9 Å². The Morgan fingerprint density at radius 3 is 2.29 bits per heavy atom. The second kappa shape index (κ2) is 9.95. The van der Waals surface area contributed by atoms with Crippen molar-refractivity contribution in [3.63, 3.8) is 0 Å². The van der Waals surface area contributed by atoms with Crippen molar-refractivity contribution in [2.45, 2.75) is 34.7 Å². The van der Waals surface area contributed by atoms with Gasteiger partial charge in [-0.1, -0.05) is 35.0 Å². The van der Waals surface area contributed by atoms with Crippen LogP contribution in [-0.2, 0) is 4.74 Å². The number of carbonyl (C=O) groups is 1. The van der Waals surface area contributed by atoms with Gasteiger partial charge in [0.25, 0.3) is 5.91 Å². The summed E-state index contributed by atoms with van der Waals surface area (Å²) in [4.78, 5) is 13.0. The molecule has 1 fully saturated rings. The van der Waals surface area contributed by atoms with Crippen LogP contribution in [0.1, 0.15) is 10.4 Å². The van der Waals surface area contributed by atoms with Crippen LogP contribution in [-0.4, -0.2) is 57.6 Å². The predicted molar refractivity (Wildman–Crippen MR) is 108 cm³/mol. The number of carbonyl (C=O) groups excluding carboxylic acids is 1. The Labute approximate surface area is 188 Å². The first-order chi connectivity index (χ1) is 14.6. The summed E-state index contributed by atoms with van der Waals surface area (Å²) < 4.78 is 45.5. The Morgan fingerprint density at radius 2 is 1.71 bits per heavy atom. The van der Waals surface area contributed by atoms with Crippen molar-refractivity contribution in [3.05, 3.63) is 63.4 Å². The third-order valence-corrected chi connectivity index (χ3v) is 6.46. The monoisotopic (exact) mass is 497 g/mol. The first-order valence-corrected chi connectivity index (χ1v) is 10.5. The summed E-state index contributed by atoms with van der Waals surface area (Å²) in [6.45, 7) is -0.640. The zero-order chi connectivity index (χ0) is 22.9. The second-order valence-electron chi connectivity index (χ2n) is 6.65. The lowest BCUT2D eigenvalue weighted by atomic mass is 9.96. The quantitative estimate of drug-likeness (QED) is 0.474. The van der Waals surface area contributed by atoms with Crippen LogP contribution in [0.25, 0.3) is 0 Å². The standard InChI is InChI=1S/C19H16Cl2F3NO5S/c20-9-2-1-8(5-10(9)21)31-19-17(28)15(16(27)13(6-26)30-19)25-18(29)7-3-11(22)14(24)12(23)4-7/h1-5,13,15-17,19,26-28H,6H2,(H,25,29)/t13?,15?,16-,17-,19+/m0/s1. The molecule has 0 spiro atoms. The molecular formula is C19H16Cl2F3NO5S. The first-order valence-electron chi connectivity index (χ1n) is 8.82. The van der Waals surface area contributed by atoms with Gasteiger partial charge >= 0.3 is 0 Å². The van der Waals surface area contributed by atoms with Gasteiger partial charge in [-0.05, 0) is 30.3 Å². The van der Waals surface area contributed by atoms with E-state index >= 15 is 0 Å². The third kappa shape index (κ3) is 5.28. The molecule has 4 N–H and O–H groups in total. The smallest absolute Gasteiger partial charge is 0.251 e. The molecule has 6 nitrogen and oxygen atoms in total. The van der Waals surface area contributed by atoms with Crippen LogP contribution in [0, 0.1) is 17.5 Å². The average Bonchev–Trinajstić information content (AvgIpc) is 2.73. The number of hydrogen-bond acceptors (Lipinski definition) is 6. The topological polar surface area (TPSA) is 99.0 Å². The summed E-state index contributed by atoms with van der Waals surface area (Å²) in [5.41, 5.74) is -1.62. The van der Waals surface area contributed by atoms with E-state index in [2.05, 4.69) is 5.32 Å². The van der Waals surface area contributed by atoms with E-state index in [0.29, 0.717) is 22.1 Å². The van der Waals surface area contributed by atoms with Gasteiger partial charge in [0.1, 0.15) is 23.7 Å². The van der Waals surface area contributed by atoms with Crippen LogP contribution >= 0.6 is 35.0 Å². The number of halogens is 5. The molecule has 0 radical (unpaired) electrons. The maximum Gasteiger partial charge on any atom is 0.251 e. The van der Waals surface area contributed by atoms with Gasteiger partial charge in [-0.3, -0.25) is 4.79 Å². The van der Waals surface area contributed by atoms with Crippen LogP contribution in [0.5, 0.6) is 0 Å². The second-order valence-corrected chi connectivity index (χ2v) is 8.64. The molecule has 3 rings (SSSR count).